The van der Waals surface area contributed by atoms with Gasteiger partial charge in [0.15, 0.2) is 0 Å². The molecule has 2 aliphatic heterocycles. The molecule has 0 radical (unpaired) electrons. The minimum absolute atomic E-state index is 0.136. The van der Waals surface area contributed by atoms with Gasteiger partial charge in [-0.3, -0.25) is 24.3 Å². The van der Waals surface area contributed by atoms with Crippen molar-refractivity contribution in [1.29, 1.82) is 0 Å². The normalized spacial score (nSPS) is 16.8. The van der Waals surface area contributed by atoms with Gasteiger partial charge in [0.05, 0.1) is 11.3 Å². The molecule has 0 aliphatic carbocycles. The first kappa shape index (κ1) is 28.9. The van der Waals surface area contributed by atoms with Crippen molar-refractivity contribution in [2.45, 2.75) is 58.2 Å². The van der Waals surface area contributed by atoms with E-state index >= 15 is 0 Å². The molecule has 3 aromatic carbocycles. The molecule has 0 saturated carbocycles. The van der Waals surface area contributed by atoms with Gasteiger partial charge in [-0.1, -0.05) is 30.3 Å². The van der Waals surface area contributed by atoms with E-state index in [4.69, 9.17) is 0 Å². The Bertz CT molecular complexity index is 1460. The highest BCUT2D eigenvalue weighted by atomic mass is 19.1. The van der Waals surface area contributed by atoms with Crippen molar-refractivity contribution in [3.63, 3.8) is 0 Å². The third-order valence-electron chi connectivity index (χ3n) is 8.42. The number of aldehydes is 1. The fourth-order valence-corrected chi connectivity index (χ4v) is 6.15. The van der Waals surface area contributed by atoms with Crippen LogP contribution in [0.4, 0.5) is 10.1 Å². The third-order valence-corrected chi connectivity index (χ3v) is 8.42. The Kier molecular flexibility index (Phi) is 8.25. The SMILES string of the molecule is CNC(=O)C(CCC=O)N1C(=O)c2cc(F)cc3c(Cc4ccc(CN5CCN(C(C)(C)C)CC5)cc4)ccc1c23. The summed E-state index contributed by atoms with van der Waals surface area (Å²) in [6.07, 6.45) is 1.65. The van der Waals surface area contributed by atoms with Crippen LogP contribution in [0.3, 0.4) is 0 Å². The monoisotopic (exact) mass is 558 g/mol. The molecule has 1 N–H and O–H groups in total. The molecule has 2 heterocycles. The minimum Gasteiger partial charge on any atom is -0.357 e. The highest BCUT2D eigenvalue weighted by molar-refractivity contribution is 6.27. The first-order chi connectivity index (χ1) is 19.6. The summed E-state index contributed by atoms with van der Waals surface area (Å²) < 4.78 is 14.8. The van der Waals surface area contributed by atoms with Crippen LogP contribution in [0.25, 0.3) is 10.8 Å². The highest BCUT2D eigenvalue weighted by Crippen LogP contribution is 2.41. The Morgan fingerprint density at radius 1 is 1.02 bits per heavy atom. The molecule has 0 bridgehead atoms. The van der Waals surface area contributed by atoms with E-state index in [9.17, 15) is 18.8 Å². The summed E-state index contributed by atoms with van der Waals surface area (Å²) in [6, 6.07) is 14.2. The maximum atomic E-state index is 14.8. The number of carbonyl (C=O) groups excluding carboxylic acids is 3. The number of halogens is 1. The summed E-state index contributed by atoms with van der Waals surface area (Å²) >= 11 is 0. The van der Waals surface area contributed by atoms with E-state index < -0.39 is 17.8 Å². The fourth-order valence-electron chi connectivity index (χ4n) is 6.15. The molecule has 1 fully saturated rings. The third kappa shape index (κ3) is 5.90. The van der Waals surface area contributed by atoms with E-state index in [-0.39, 0.29) is 29.9 Å². The second-order valence-corrected chi connectivity index (χ2v) is 12.1. The summed E-state index contributed by atoms with van der Waals surface area (Å²) in [4.78, 5) is 43.7. The summed E-state index contributed by atoms with van der Waals surface area (Å²) in [6.45, 7) is 12.0. The van der Waals surface area contributed by atoms with Crippen LogP contribution >= 0.6 is 0 Å². The van der Waals surface area contributed by atoms with Crippen molar-refractivity contribution in [2.24, 2.45) is 0 Å². The summed E-state index contributed by atoms with van der Waals surface area (Å²) in [5, 5.41) is 3.92. The zero-order chi connectivity index (χ0) is 29.3. The molecule has 5 rings (SSSR count). The van der Waals surface area contributed by atoms with Gasteiger partial charge >= 0.3 is 0 Å². The molecule has 1 saturated heterocycles. The number of piperazine rings is 1. The van der Waals surface area contributed by atoms with E-state index in [1.54, 1.807) is 0 Å². The van der Waals surface area contributed by atoms with Crippen molar-refractivity contribution < 1.29 is 18.8 Å². The average Bonchev–Trinajstić information content (AvgIpc) is 3.22. The lowest BCUT2D eigenvalue weighted by molar-refractivity contribution is -0.122. The van der Waals surface area contributed by atoms with Crippen molar-refractivity contribution in [3.05, 3.63) is 76.6 Å². The number of nitrogens with zero attached hydrogens (tertiary/aromatic N) is 3. The van der Waals surface area contributed by atoms with Gasteiger partial charge < -0.3 is 10.1 Å². The molecular weight excluding hydrogens is 519 g/mol. The Morgan fingerprint density at radius 3 is 2.34 bits per heavy atom. The molecular formula is C33H39FN4O3. The van der Waals surface area contributed by atoms with Crippen molar-refractivity contribution in [3.8, 4) is 0 Å². The van der Waals surface area contributed by atoms with Crippen LogP contribution in [-0.2, 0) is 22.6 Å². The van der Waals surface area contributed by atoms with E-state index in [0.717, 1.165) is 50.1 Å². The molecule has 3 aromatic rings. The summed E-state index contributed by atoms with van der Waals surface area (Å²) in [5.74, 6) is -1.27. The summed E-state index contributed by atoms with van der Waals surface area (Å²) in [5.41, 5.74) is 4.30. The molecule has 8 heteroatoms. The van der Waals surface area contributed by atoms with Gasteiger partial charge in [0.2, 0.25) is 5.91 Å². The van der Waals surface area contributed by atoms with Gasteiger partial charge in [-0.05, 0) is 73.9 Å². The highest BCUT2D eigenvalue weighted by Gasteiger charge is 2.38. The molecule has 7 nitrogen and oxygen atoms in total. The van der Waals surface area contributed by atoms with Gasteiger partial charge in [-0.25, -0.2) is 4.39 Å². The molecule has 0 aromatic heterocycles. The number of likely N-dealkylation sites (N-methyl/N-ethyl adjacent to an activating group) is 1. The first-order valence-electron chi connectivity index (χ1n) is 14.4. The van der Waals surface area contributed by atoms with Gasteiger partial charge in [0.1, 0.15) is 18.1 Å². The molecule has 216 valence electrons. The van der Waals surface area contributed by atoms with Crippen LogP contribution in [0.5, 0.6) is 0 Å². The quantitative estimate of drug-likeness (QED) is 0.391. The maximum absolute atomic E-state index is 14.8. The number of hydrogen-bond donors (Lipinski definition) is 1. The lowest BCUT2D eigenvalue weighted by Gasteiger charge is -2.42. The van der Waals surface area contributed by atoms with E-state index in [1.807, 2.05) is 12.1 Å². The number of amides is 2. The fraction of sp³-hybridized carbons (Fsp3) is 0.424. The second-order valence-electron chi connectivity index (χ2n) is 12.1. The van der Waals surface area contributed by atoms with Crippen LogP contribution in [0.15, 0.2) is 48.5 Å². The van der Waals surface area contributed by atoms with Crippen LogP contribution in [0.2, 0.25) is 0 Å². The molecule has 1 unspecified atom stereocenters. The standard InChI is InChI=1S/C33H39FN4O3/c1-33(2,3)37-15-13-36(14-16-37)21-23-9-7-22(8-10-23)18-24-11-12-28-30-26(24)19-25(34)20-27(30)32(41)38(28)29(6-5-17-39)31(40)35-4/h7-12,17,19-20,29H,5-6,13-16,18,21H2,1-4H3,(H,35,40). The van der Waals surface area contributed by atoms with Gasteiger partial charge in [-0.15, -0.1) is 0 Å². The molecule has 2 amide bonds. The molecule has 41 heavy (non-hydrogen) atoms. The number of hydrogen-bond acceptors (Lipinski definition) is 5. The second kappa shape index (κ2) is 11.7. The van der Waals surface area contributed by atoms with Crippen molar-refractivity contribution in [1.82, 2.24) is 15.1 Å². The lowest BCUT2D eigenvalue weighted by Crippen LogP contribution is -2.53. The molecule has 2 aliphatic rings. The van der Waals surface area contributed by atoms with Gasteiger partial charge in [0.25, 0.3) is 5.91 Å². The zero-order valence-electron chi connectivity index (χ0n) is 24.4. The van der Waals surface area contributed by atoms with Crippen molar-refractivity contribution in [2.75, 3.05) is 38.1 Å². The largest absolute Gasteiger partial charge is 0.357 e. The predicted octanol–water partition coefficient (Wildman–Crippen LogP) is 4.54. The number of carbonyl (C=O) groups is 3. The zero-order valence-corrected chi connectivity index (χ0v) is 24.4. The Morgan fingerprint density at radius 2 is 1.71 bits per heavy atom. The van der Waals surface area contributed by atoms with Gasteiger partial charge in [-0.2, -0.15) is 0 Å². The number of nitrogens with one attached hydrogen (secondary N) is 1. The predicted molar refractivity (Wildman–Crippen MR) is 160 cm³/mol. The first-order valence-corrected chi connectivity index (χ1v) is 14.4. The number of rotatable bonds is 9. The molecule has 0 spiro atoms. The van der Waals surface area contributed by atoms with Crippen LogP contribution in [-0.4, -0.2) is 72.7 Å². The van der Waals surface area contributed by atoms with Crippen LogP contribution in [0.1, 0.15) is 60.7 Å². The van der Waals surface area contributed by atoms with E-state index in [0.29, 0.717) is 22.9 Å². The van der Waals surface area contributed by atoms with E-state index in [1.165, 1.54) is 29.6 Å². The Hall–Kier alpha value is -3.62. The Labute approximate surface area is 241 Å². The minimum atomic E-state index is -0.855. The smallest absolute Gasteiger partial charge is 0.259 e. The summed E-state index contributed by atoms with van der Waals surface area (Å²) in [7, 11) is 1.50. The van der Waals surface area contributed by atoms with Crippen LogP contribution in [0, 0.1) is 5.82 Å². The number of anilines is 1. The van der Waals surface area contributed by atoms with Gasteiger partial charge in [0, 0.05) is 57.1 Å². The van der Waals surface area contributed by atoms with E-state index in [2.05, 4.69) is 60.2 Å². The Balaban J connectivity index is 1.36. The lowest BCUT2D eigenvalue weighted by atomic mass is 9.95. The maximum Gasteiger partial charge on any atom is 0.259 e. The number of benzene rings is 3. The van der Waals surface area contributed by atoms with Crippen molar-refractivity contribution >= 4 is 34.6 Å². The molecule has 1 atom stereocenters. The average molecular weight is 559 g/mol. The van der Waals surface area contributed by atoms with Crippen LogP contribution < -0.4 is 10.2 Å². The topological polar surface area (TPSA) is 73.0 Å².